The largest absolute Gasteiger partial charge is 0.490 e. The van der Waals surface area contributed by atoms with Gasteiger partial charge in [0.15, 0.2) is 17.3 Å². The average Bonchev–Trinajstić information content (AvgIpc) is 3.15. The zero-order valence-electron chi connectivity index (χ0n) is 16.3. The van der Waals surface area contributed by atoms with Crippen molar-refractivity contribution in [1.82, 2.24) is 4.90 Å². The van der Waals surface area contributed by atoms with Crippen LogP contribution in [0, 0.1) is 0 Å². The molecule has 0 aliphatic carbocycles. The first kappa shape index (κ1) is 19.9. The summed E-state index contributed by atoms with van der Waals surface area (Å²) in [5, 5.41) is 0. The van der Waals surface area contributed by atoms with Gasteiger partial charge < -0.3 is 20.1 Å². The van der Waals surface area contributed by atoms with E-state index in [1.54, 1.807) is 47.4 Å². The summed E-state index contributed by atoms with van der Waals surface area (Å²) >= 11 is 0. The lowest BCUT2D eigenvalue weighted by Gasteiger charge is -2.18. The molecule has 0 spiro atoms. The maximum atomic E-state index is 13.2. The Morgan fingerprint density at radius 3 is 2.36 bits per heavy atom. The molecule has 2 aromatic rings. The standard InChI is InChI=1S/C22H26N2O4/c1-3-27-19-10-9-15(13-20(19)28-4-2)21(25)17-7-5-6-8-18(17)22(26)24-12-11-16(23)14-24/h5-10,13,16H,3-4,11-12,14,23H2,1-2H3/t16-/m1/s1. The number of ketones is 1. The molecule has 1 amide bonds. The van der Waals surface area contributed by atoms with Crippen LogP contribution in [-0.4, -0.2) is 48.9 Å². The molecule has 1 aliphatic rings. The van der Waals surface area contributed by atoms with E-state index in [1.165, 1.54) is 0 Å². The molecule has 2 N–H and O–H groups in total. The lowest BCUT2D eigenvalue weighted by molar-refractivity contribution is 0.0786. The van der Waals surface area contributed by atoms with Gasteiger partial charge in [0.1, 0.15) is 0 Å². The van der Waals surface area contributed by atoms with Crippen LogP contribution in [-0.2, 0) is 0 Å². The molecule has 148 valence electrons. The Kier molecular flexibility index (Phi) is 6.31. The zero-order chi connectivity index (χ0) is 20.1. The topological polar surface area (TPSA) is 81.9 Å². The van der Waals surface area contributed by atoms with Gasteiger partial charge in [-0.25, -0.2) is 0 Å². The van der Waals surface area contributed by atoms with E-state index >= 15 is 0 Å². The predicted molar refractivity (Wildman–Crippen MR) is 107 cm³/mol. The van der Waals surface area contributed by atoms with E-state index in [1.807, 2.05) is 13.8 Å². The van der Waals surface area contributed by atoms with Crippen LogP contribution in [0.25, 0.3) is 0 Å². The first-order valence-corrected chi connectivity index (χ1v) is 9.63. The Morgan fingerprint density at radius 1 is 1.04 bits per heavy atom. The SMILES string of the molecule is CCOc1ccc(C(=O)c2ccccc2C(=O)N2CC[C@@H](N)C2)cc1OCC. The highest BCUT2D eigenvalue weighted by Gasteiger charge is 2.27. The molecule has 1 saturated heterocycles. The van der Waals surface area contributed by atoms with Gasteiger partial charge in [0.2, 0.25) is 0 Å². The summed E-state index contributed by atoms with van der Waals surface area (Å²) in [5.41, 5.74) is 7.15. The molecule has 1 aliphatic heterocycles. The molecule has 1 fully saturated rings. The Bertz CT molecular complexity index is 865. The highest BCUT2D eigenvalue weighted by atomic mass is 16.5. The average molecular weight is 382 g/mol. The van der Waals surface area contributed by atoms with Crippen molar-refractivity contribution in [3.05, 3.63) is 59.2 Å². The lowest BCUT2D eigenvalue weighted by atomic mass is 9.97. The van der Waals surface area contributed by atoms with Gasteiger partial charge in [0.25, 0.3) is 5.91 Å². The summed E-state index contributed by atoms with van der Waals surface area (Å²) in [6, 6.07) is 12.0. The molecule has 6 nitrogen and oxygen atoms in total. The van der Waals surface area contributed by atoms with E-state index in [0.717, 1.165) is 6.42 Å². The molecular formula is C22H26N2O4. The molecule has 2 aromatic carbocycles. The Hall–Kier alpha value is -2.86. The van der Waals surface area contributed by atoms with Crippen LogP contribution in [0.4, 0.5) is 0 Å². The second-order valence-electron chi connectivity index (χ2n) is 6.70. The fraction of sp³-hybridized carbons (Fsp3) is 0.364. The van der Waals surface area contributed by atoms with Crippen molar-refractivity contribution in [3.8, 4) is 11.5 Å². The maximum Gasteiger partial charge on any atom is 0.254 e. The highest BCUT2D eigenvalue weighted by Crippen LogP contribution is 2.30. The zero-order valence-corrected chi connectivity index (χ0v) is 16.3. The van der Waals surface area contributed by atoms with Crippen molar-refractivity contribution in [2.45, 2.75) is 26.3 Å². The number of hydrogen-bond acceptors (Lipinski definition) is 5. The summed E-state index contributed by atoms with van der Waals surface area (Å²) in [6.07, 6.45) is 0.776. The molecule has 1 atom stereocenters. The molecule has 0 saturated carbocycles. The van der Waals surface area contributed by atoms with Crippen molar-refractivity contribution in [3.63, 3.8) is 0 Å². The molecule has 0 unspecified atom stereocenters. The minimum atomic E-state index is -0.226. The van der Waals surface area contributed by atoms with Gasteiger partial charge in [0.05, 0.1) is 18.8 Å². The van der Waals surface area contributed by atoms with Gasteiger partial charge in [-0.1, -0.05) is 18.2 Å². The van der Waals surface area contributed by atoms with Crippen molar-refractivity contribution < 1.29 is 19.1 Å². The normalized spacial score (nSPS) is 16.1. The second kappa shape index (κ2) is 8.89. The van der Waals surface area contributed by atoms with Gasteiger partial charge >= 0.3 is 0 Å². The Morgan fingerprint density at radius 2 is 1.71 bits per heavy atom. The van der Waals surface area contributed by atoms with E-state index < -0.39 is 0 Å². The molecule has 0 radical (unpaired) electrons. The summed E-state index contributed by atoms with van der Waals surface area (Å²) in [4.78, 5) is 27.8. The van der Waals surface area contributed by atoms with Crippen LogP contribution >= 0.6 is 0 Å². The highest BCUT2D eigenvalue weighted by molar-refractivity contribution is 6.15. The third-order valence-corrected chi connectivity index (χ3v) is 4.72. The molecular weight excluding hydrogens is 356 g/mol. The molecule has 28 heavy (non-hydrogen) atoms. The van der Waals surface area contributed by atoms with E-state index in [0.29, 0.717) is 54.5 Å². The van der Waals surface area contributed by atoms with E-state index in [2.05, 4.69) is 0 Å². The molecule has 0 bridgehead atoms. The number of benzene rings is 2. The van der Waals surface area contributed by atoms with Gasteiger partial charge in [-0.05, 0) is 44.5 Å². The Balaban J connectivity index is 1.93. The van der Waals surface area contributed by atoms with Crippen LogP contribution in [0.3, 0.4) is 0 Å². The maximum absolute atomic E-state index is 13.2. The smallest absolute Gasteiger partial charge is 0.254 e. The summed E-state index contributed by atoms with van der Waals surface area (Å²) in [7, 11) is 0. The fourth-order valence-corrected chi connectivity index (χ4v) is 3.36. The number of rotatable bonds is 7. The van der Waals surface area contributed by atoms with Gasteiger partial charge in [-0.3, -0.25) is 9.59 Å². The first-order valence-electron chi connectivity index (χ1n) is 9.63. The summed E-state index contributed by atoms with van der Waals surface area (Å²) in [6.45, 7) is 5.85. The number of nitrogens with zero attached hydrogens (tertiary/aromatic N) is 1. The van der Waals surface area contributed by atoms with Crippen LogP contribution in [0.1, 0.15) is 46.5 Å². The third kappa shape index (κ3) is 4.17. The second-order valence-corrected chi connectivity index (χ2v) is 6.70. The summed E-state index contributed by atoms with van der Waals surface area (Å²) in [5.74, 6) is 0.727. The quantitative estimate of drug-likeness (QED) is 0.745. The van der Waals surface area contributed by atoms with Crippen molar-refractivity contribution >= 4 is 11.7 Å². The van der Waals surface area contributed by atoms with Crippen LogP contribution < -0.4 is 15.2 Å². The van der Waals surface area contributed by atoms with Crippen LogP contribution in [0.5, 0.6) is 11.5 Å². The Labute approximate surface area is 165 Å². The number of carbonyl (C=O) groups excluding carboxylic acids is 2. The van der Waals surface area contributed by atoms with E-state index in [4.69, 9.17) is 15.2 Å². The number of likely N-dealkylation sites (tertiary alicyclic amines) is 1. The van der Waals surface area contributed by atoms with Gasteiger partial charge in [-0.15, -0.1) is 0 Å². The molecule has 3 rings (SSSR count). The number of nitrogens with two attached hydrogens (primary N) is 1. The lowest BCUT2D eigenvalue weighted by Crippen LogP contribution is -2.32. The van der Waals surface area contributed by atoms with E-state index in [-0.39, 0.29) is 17.7 Å². The minimum absolute atomic E-state index is 0.00771. The minimum Gasteiger partial charge on any atom is -0.490 e. The van der Waals surface area contributed by atoms with Crippen molar-refractivity contribution in [2.75, 3.05) is 26.3 Å². The van der Waals surface area contributed by atoms with E-state index in [9.17, 15) is 9.59 Å². The summed E-state index contributed by atoms with van der Waals surface area (Å²) < 4.78 is 11.2. The van der Waals surface area contributed by atoms with Gasteiger partial charge in [0, 0.05) is 30.3 Å². The molecule has 0 aromatic heterocycles. The number of amides is 1. The molecule has 1 heterocycles. The number of carbonyl (C=O) groups is 2. The number of ether oxygens (including phenoxy) is 2. The first-order chi connectivity index (χ1) is 13.5. The monoisotopic (exact) mass is 382 g/mol. The van der Waals surface area contributed by atoms with Crippen molar-refractivity contribution in [1.29, 1.82) is 0 Å². The third-order valence-electron chi connectivity index (χ3n) is 4.72. The van der Waals surface area contributed by atoms with Crippen LogP contribution in [0.15, 0.2) is 42.5 Å². The van der Waals surface area contributed by atoms with Gasteiger partial charge in [-0.2, -0.15) is 0 Å². The number of hydrogen-bond donors (Lipinski definition) is 1. The predicted octanol–water partition coefficient (Wildman–Crippen LogP) is 2.89. The molecule has 6 heteroatoms. The van der Waals surface area contributed by atoms with Crippen molar-refractivity contribution in [2.24, 2.45) is 5.73 Å². The fourth-order valence-electron chi connectivity index (χ4n) is 3.36. The van der Waals surface area contributed by atoms with Crippen LogP contribution in [0.2, 0.25) is 0 Å².